The second-order valence-electron chi connectivity index (χ2n) is 2.27. The lowest BCUT2D eigenvalue weighted by atomic mass is 10.4. The van der Waals surface area contributed by atoms with Gasteiger partial charge in [-0.15, -0.1) is 0 Å². The highest BCUT2D eigenvalue weighted by Gasteiger charge is 2.21. The molecule has 9 heavy (non-hydrogen) atoms. The maximum atomic E-state index is 7.43. The molecule has 1 fully saturated rings. The van der Waals surface area contributed by atoms with Gasteiger partial charge in [0.2, 0.25) is 0 Å². The summed E-state index contributed by atoms with van der Waals surface area (Å²) in [5.41, 5.74) is 0. The van der Waals surface area contributed by atoms with Crippen LogP contribution in [0.3, 0.4) is 0 Å². The molecule has 0 radical (unpaired) electrons. The summed E-state index contributed by atoms with van der Waals surface area (Å²) in [6.45, 7) is 6.29. The molecule has 0 aliphatic carbocycles. The zero-order valence-electron chi connectivity index (χ0n) is 5.85. The van der Waals surface area contributed by atoms with E-state index >= 15 is 0 Å². The molecule has 3 heteroatoms. The molecule has 1 saturated heterocycles. The van der Waals surface area contributed by atoms with E-state index in [4.69, 9.17) is 5.41 Å². The maximum absolute atomic E-state index is 7.43. The monoisotopic (exact) mass is 144 g/mol. The molecule has 0 amide bonds. The minimum Gasteiger partial charge on any atom is -0.351 e. The van der Waals surface area contributed by atoms with Crippen molar-refractivity contribution in [2.24, 2.45) is 0 Å². The van der Waals surface area contributed by atoms with Crippen molar-refractivity contribution in [2.75, 3.05) is 13.1 Å². The fourth-order valence-electron chi connectivity index (χ4n) is 0.968. The van der Waals surface area contributed by atoms with Crippen molar-refractivity contribution in [2.45, 2.75) is 19.1 Å². The van der Waals surface area contributed by atoms with Crippen LogP contribution < -0.4 is 0 Å². The normalized spacial score (nSPS) is 27.6. The van der Waals surface area contributed by atoms with Crippen LogP contribution in [0.1, 0.15) is 13.8 Å². The van der Waals surface area contributed by atoms with Crippen LogP contribution in [0.4, 0.5) is 0 Å². The van der Waals surface area contributed by atoms with Crippen molar-refractivity contribution in [3.8, 4) is 0 Å². The molecule has 0 aromatic heterocycles. The van der Waals surface area contributed by atoms with Crippen LogP contribution in [-0.2, 0) is 0 Å². The van der Waals surface area contributed by atoms with Gasteiger partial charge in [0.15, 0.2) is 5.17 Å². The van der Waals surface area contributed by atoms with Crippen molar-refractivity contribution < 1.29 is 0 Å². The first-order chi connectivity index (χ1) is 4.24. The summed E-state index contributed by atoms with van der Waals surface area (Å²) >= 11 is 1.66. The molecule has 2 nitrogen and oxygen atoms in total. The number of thioether (sulfide) groups is 1. The van der Waals surface area contributed by atoms with Gasteiger partial charge < -0.3 is 4.90 Å². The van der Waals surface area contributed by atoms with Crippen LogP contribution in [0, 0.1) is 5.41 Å². The van der Waals surface area contributed by atoms with E-state index in [1.165, 1.54) is 0 Å². The fraction of sp³-hybridized carbons (Fsp3) is 0.833. The Labute approximate surface area is 60.1 Å². The Morgan fingerprint density at radius 3 is 2.78 bits per heavy atom. The number of nitrogens with zero attached hydrogens (tertiary/aromatic N) is 1. The van der Waals surface area contributed by atoms with Gasteiger partial charge in [-0.1, -0.05) is 18.7 Å². The van der Waals surface area contributed by atoms with E-state index < -0.39 is 0 Å². The van der Waals surface area contributed by atoms with Gasteiger partial charge in [0.1, 0.15) is 0 Å². The highest BCUT2D eigenvalue weighted by molar-refractivity contribution is 8.14. The van der Waals surface area contributed by atoms with Crippen LogP contribution in [0.2, 0.25) is 0 Å². The highest BCUT2D eigenvalue weighted by atomic mass is 32.2. The SMILES string of the molecule is CCN1C[C@@H](C)SC1=N. The van der Waals surface area contributed by atoms with Gasteiger partial charge in [-0.3, -0.25) is 5.41 Å². The number of hydrogen-bond donors (Lipinski definition) is 1. The van der Waals surface area contributed by atoms with E-state index in [0.717, 1.165) is 18.3 Å². The third-order valence-electron chi connectivity index (χ3n) is 1.46. The first kappa shape index (κ1) is 6.93. The third-order valence-corrected chi connectivity index (χ3v) is 2.49. The summed E-state index contributed by atoms with van der Waals surface area (Å²) in [6.07, 6.45) is 0. The third kappa shape index (κ3) is 1.39. The van der Waals surface area contributed by atoms with Gasteiger partial charge in [0.05, 0.1) is 0 Å². The molecular weight excluding hydrogens is 132 g/mol. The first-order valence-electron chi connectivity index (χ1n) is 3.24. The van der Waals surface area contributed by atoms with Gasteiger partial charge in [-0.05, 0) is 6.92 Å². The Morgan fingerprint density at radius 1 is 1.89 bits per heavy atom. The van der Waals surface area contributed by atoms with E-state index in [2.05, 4.69) is 18.7 Å². The predicted octanol–water partition coefficient (Wildman–Crippen LogP) is 1.38. The summed E-state index contributed by atoms with van der Waals surface area (Å²) in [5.74, 6) is 0. The molecule has 0 aromatic carbocycles. The average Bonchev–Trinajstić information content (AvgIpc) is 2.10. The molecular formula is C6H12N2S. The van der Waals surface area contributed by atoms with E-state index in [0.29, 0.717) is 5.25 Å². The lowest BCUT2D eigenvalue weighted by Gasteiger charge is -2.12. The molecule has 1 rings (SSSR count). The lowest BCUT2D eigenvalue weighted by molar-refractivity contribution is 0.464. The number of hydrogen-bond acceptors (Lipinski definition) is 2. The molecule has 0 spiro atoms. The largest absolute Gasteiger partial charge is 0.351 e. The Bertz CT molecular complexity index is 124. The minimum absolute atomic E-state index is 0.623. The molecule has 1 aliphatic heterocycles. The molecule has 0 bridgehead atoms. The summed E-state index contributed by atoms with van der Waals surface area (Å²) in [4.78, 5) is 2.09. The maximum Gasteiger partial charge on any atom is 0.156 e. The molecule has 1 heterocycles. The number of amidine groups is 1. The van der Waals surface area contributed by atoms with Crippen LogP contribution >= 0.6 is 11.8 Å². The Balaban J connectivity index is 2.48. The van der Waals surface area contributed by atoms with Gasteiger partial charge in [0, 0.05) is 18.3 Å². The molecule has 52 valence electrons. The van der Waals surface area contributed by atoms with Crippen LogP contribution in [-0.4, -0.2) is 28.4 Å². The van der Waals surface area contributed by atoms with Crippen LogP contribution in [0.25, 0.3) is 0 Å². The van der Waals surface area contributed by atoms with E-state index in [1.807, 2.05) is 0 Å². The van der Waals surface area contributed by atoms with Crippen LogP contribution in [0.15, 0.2) is 0 Å². The molecule has 0 saturated carbocycles. The molecule has 0 unspecified atom stereocenters. The van der Waals surface area contributed by atoms with Crippen molar-refractivity contribution in [1.82, 2.24) is 4.90 Å². The molecule has 1 aliphatic rings. The second kappa shape index (κ2) is 2.60. The Kier molecular flexibility index (Phi) is 2.01. The van der Waals surface area contributed by atoms with Gasteiger partial charge in [0.25, 0.3) is 0 Å². The standard InChI is InChI=1S/C6H12N2S/c1-3-8-4-5(2)9-6(8)7/h5,7H,3-4H2,1-2H3/t5-/m1/s1. The first-order valence-corrected chi connectivity index (χ1v) is 4.12. The summed E-state index contributed by atoms with van der Waals surface area (Å²) in [7, 11) is 0. The Hall–Kier alpha value is -0.180. The quantitative estimate of drug-likeness (QED) is 0.602. The molecule has 1 atom stereocenters. The van der Waals surface area contributed by atoms with E-state index in [-0.39, 0.29) is 0 Å². The van der Waals surface area contributed by atoms with Gasteiger partial charge in [-0.2, -0.15) is 0 Å². The van der Waals surface area contributed by atoms with Crippen molar-refractivity contribution in [3.05, 3.63) is 0 Å². The highest BCUT2D eigenvalue weighted by Crippen LogP contribution is 2.22. The van der Waals surface area contributed by atoms with Gasteiger partial charge in [-0.25, -0.2) is 0 Å². The lowest BCUT2D eigenvalue weighted by Crippen LogP contribution is -2.23. The minimum atomic E-state index is 0.623. The summed E-state index contributed by atoms with van der Waals surface area (Å²) in [5, 5.41) is 8.79. The fourth-order valence-corrected chi connectivity index (χ4v) is 1.96. The predicted molar refractivity (Wildman–Crippen MR) is 42.0 cm³/mol. The summed E-state index contributed by atoms with van der Waals surface area (Å²) in [6, 6.07) is 0. The second-order valence-corrected chi connectivity index (χ2v) is 3.70. The zero-order chi connectivity index (χ0) is 6.85. The number of nitrogens with one attached hydrogen (secondary N) is 1. The smallest absolute Gasteiger partial charge is 0.156 e. The molecule has 0 aromatic rings. The van der Waals surface area contributed by atoms with Crippen LogP contribution in [0.5, 0.6) is 0 Å². The van der Waals surface area contributed by atoms with Crippen molar-refractivity contribution >= 4 is 16.9 Å². The molecule has 1 N–H and O–H groups in total. The van der Waals surface area contributed by atoms with E-state index in [1.54, 1.807) is 11.8 Å². The topological polar surface area (TPSA) is 27.1 Å². The number of rotatable bonds is 1. The van der Waals surface area contributed by atoms with E-state index in [9.17, 15) is 0 Å². The van der Waals surface area contributed by atoms with Gasteiger partial charge >= 0.3 is 0 Å². The Morgan fingerprint density at radius 2 is 2.56 bits per heavy atom. The van der Waals surface area contributed by atoms with Crippen molar-refractivity contribution in [3.63, 3.8) is 0 Å². The summed E-state index contributed by atoms with van der Waals surface area (Å²) < 4.78 is 0. The zero-order valence-corrected chi connectivity index (χ0v) is 6.66. The van der Waals surface area contributed by atoms with Crippen molar-refractivity contribution in [1.29, 1.82) is 5.41 Å². The average molecular weight is 144 g/mol.